The maximum Gasteiger partial charge on any atom is 0.308 e. The molecular formula is C44H54N2O12. The molecule has 0 aromatic heterocycles. The van der Waals surface area contributed by atoms with Crippen LogP contribution in [0.1, 0.15) is 103 Å². The average molecular weight is 803 g/mol. The molecule has 4 bridgehead atoms. The third-order valence-corrected chi connectivity index (χ3v) is 15.1. The van der Waals surface area contributed by atoms with Gasteiger partial charge in [-0.25, -0.2) is 0 Å². The first-order valence-corrected chi connectivity index (χ1v) is 20.4. The largest absolute Gasteiger partial charge is 0.550 e. The molecule has 0 spiro atoms. The Labute approximate surface area is 338 Å². The van der Waals surface area contributed by atoms with Gasteiger partial charge < -0.3 is 47.7 Å². The molecule has 0 N–H and O–H groups in total. The molecule has 4 saturated heterocycles. The first-order valence-electron chi connectivity index (χ1n) is 20.4. The number of benzene rings is 2. The Morgan fingerprint density at radius 3 is 1.09 bits per heavy atom. The summed E-state index contributed by atoms with van der Waals surface area (Å²) in [5.74, 6) is -4.94. The second-order valence-electron chi connectivity index (χ2n) is 18.1. The highest BCUT2D eigenvalue weighted by Gasteiger charge is 2.71. The zero-order valence-corrected chi connectivity index (χ0v) is 34.2. The SMILES string of the molecule is CC(=O)Oc1ccc(C[N+]2(C)[C@@H]3CC[C@H]2C[C@@H](C2(C(=O)[O-])CCC2(C(=O)[O-])[C@H]2C[C@H]4CC[C@@H](C2)[N+]4(C)Cc2ccc(OC(C)=O)c(OC(C)=O)c2)C3)cc1OC(C)=O. The number of carboxylic acids is 2. The number of piperidine rings is 2. The molecule has 5 aliphatic rings. The van der Waals surface area contributed by atoms with E-state index in [1.165, 1.54) is 27.7 Å². The zero-order valence-electron chi connectivity index (χ0n) is 34.2. The summed E-state index contributed by atoms with van der Waals surface area (Å²) in [5, 5.41) is 27.4. The van der Waals surface area contributed by atoms with Gasteiger partial charge in [0.15, 0.2) is 23.0 Å². The van der Waals surface area contributed by atoms with Crippen LogP contribution in [0.3, 0.4) is 0 Å². The molecule has 1 saturated carbocycles. The standard InChI is InChI=1S/C44H54N2O12/c1-25(47)55-37-13-7-29(17-39(37)57-27(3)49)23-45(5)33-9-10-34(45)20-31(19-33)43(41(51)52)15-16-44(43,42(53)54)32-21-35-11-12-36(22-32)46(35,6)24-30-8-14-38(56-26(2)48)40(18-30)58-28(4)50/h7-8,13-14,17-18,31-36H,9-12,15-16,19-24H2,1-6H3/t31-,32-,33+,34-,35+,36-,43?,44?,45?,46?. The summed E-state index contributed by atoms with van der Waals surface area (Å²) in [4.78, 5) is 74.5. The second kappa shape index (κ2) is 15.1. The van der Waals surface area contributed by atoms with Crippen molar-refractivity contribution in [2.45, 2.75) is 129 Å². The fraction of sp³-hybridized carbons (Fsp3) is 0.591. The topological polar surface area (TPSA) is 185 Å². The summed E-state index contributed by atoms with van der Waals surface area (Å²) in [6.45, 7) is 6.23. The van der Waals surface area contributed by atoms with E-state index in [-0.39, 0.29) is 60.0 Å². The van der Waals surface area contributed by atoms with Gasteiger partial charge in [-0.2, -0.15) is 0 Å². The number of esters is 4. The molecule has 4 heterocycles. The van der Waals surface area contributed by atoms with Gasteiger partial charge in [0, 0.05) is 113 Å². The van der Waals surface area contributed by atoms with Crippen LogP contribution in [0.5, 0.6) is 23.0 Å². The van der Waals surface area contributed by atoms with Crippen molar-refractivity contribution in [3.63, 3.8) is 0 Å². The summed E-state index contributed by atoms with van der Waals surface area (Å²) < 4.78 is 22.6. The first-order chi connectivity index (χ1) is 27.3. The van der Waals surface area contributed by atoms with E-state index in [2.05, 4.69) is 14.1 Å². The van der Waals surface area contributed by atoms with Crippen molar-refractivity contribution in [1.82, 2.24) is 0 Å². The van der Waals surface area contributed by atoms with Crippen LogP contribution in [0.4, 0.5) is 0 Å². The number of hydrogen-bond donors (Lipinski definition) is 0. The van der Waals surface area contributed by atoms with Crippen molar-refractivity contribution >= 4 is 35.8 Å². The summed E-state index contributed by atoms with van der Waals surface area (Å²) in [6, 6.07) is 10.6. The average Bonchev–Trinajstić information content (AvgIpc) is 3.33. The summed E-state index contributed by atoms with van der Waals surface area (Å²) in [7, 11) is 4.33. The molecule has 14 heteroatoms. The maximum absolute atomic E-state index is 13.7. The lowest BCUT2D eigenvalue weighted by atomic mass is 9.38. The lowest BCUT2D eigenvalue weighted by Gasteiger charge is -2.69. The van der Waals surface area contributed by atoms with E-state index in [0.29, 0.717) is 47.7 Å². The number of carbonyl (C=O) groups excluding carboxylic acids is 6. The van der Waals surface area contributed by atoms with Crippen LogP contribution in [0.15, 0.2) is 36.4 Å². The molecule has 0 radical (unpaired) electrons. The van der Waals surface area contributed by atoms with Gasteiger partial charge in [0.2, 0.25) is 0 Å². The van der Waals surface area contributed by atoms with Gasteiger partial charge in [0.05, 0.1) is 38.3 Å². The molecule has 4 aliphatic heterocycles. The number of rotatable bonds is 12. The fourth-order valence-electron chi connectivity index (χ4n) is 12.5. The minimum absolute atomic E-state index is 0.0666. The predicted octanol–water partition coefficient (Wildman–Crippen LogP) is 3.13. The van der Waals surface area contributed by atoms with Crippen LogP contribution < -0.4 is 29.2 Å². The van der Waals surface area contributed by atoms with Gasteiger partial charge in [-0.3, -0.25) is 19.2 Å². The monoisotopic (exact) mass is 802 g/mol. The Bertz CT molecular complexity index is 1880. The van der Waals surface area contributed by atoms with Gasteiger partial charge in [-0.15, -0.1) is 0 Å². The van der Waals surface area contributed by atoms with Crippen LogP contribution in [-0.2, 0) is 41.9 Å². The van der Waals surface area contributed by atoms with Crippen LogP contribution in [0.25, 0.3) is 0 Å². The molecule has 14 nitrogen and oxygen atoms in total. The van der Waals surface area contributed by atoms with E-state index in [0.717, 1.165) is 36.8 Å². The van der Waals surface area contributed by atoms with Crippen molar-refractivity contribution < 1.29 is 66.9 Å². The highest BCUT2D eigenvalue weighted by molar-refractivity contribution is 5.88. The molecular weight excluding hydrogens is 748 g/mol. The van der Waals surface area contributed by atoms with Crippen LogP contribution in [0, 0.1) is 22.7 Å². The number of carbonyl (C=O) groups is 6. The molecule has 7 rings (SSSR count). The van der Waals surface area contributed by atoms with Gasteiger partial charge in [0.25, 0.3) is 0 Å². The number of nitrogens with zero attached hydrogens (tertiary/aromatic N) is 2. The van der Waals surface area contributed by atoms with Gasteiger partial charge in [-0.1, -0.05) is 0 Å². The number of carboxylic acid groups (broad SMARTS) is 2. The zero-order chi connectivity index (χ0) is 41.9. The summed E-state index contributed by atoms with van der Waals surface area (Å²) >= 11 is 0. The number of hydrogen-bond acceptors (Lipinski definition) is 12. The Morgan fingerprint density at radius 1 is 0.534 bits per heavy atom. The minimum Gasteiger partial charge on any atom is -0.550 e. The van der Waals surface area contributed by atoms with Crippen LogP contribution in [-0.4, -0.2) is 83.0 Å². The summed E-state index contributed by atoms with van der Waals surface area (Å²) in [5.41, 5.74) is -1.37. The van der Waals surface area contributed by atoms with Gasteiger partial charge in [0.1, 0.15) is 13.1 Å². The maximum atomic E-state index is 13.7. The van der Waals surface area contributed by atoms with Crippen LogP contribution >= 0.6 is 0 Å². The third-order valence-electron chi connectivity index (χ3n) is 15.1. The lowest BCUT2D eigenvalue weighted by molar-refractivity contribution is -0.963. The smallest absolute Gasteiger partial charge is 0.308 e. The Morgan fingerprint density at radius 2 is 0.828 bits per heavy atom. The Balaban J connectivity index is 1.13. The normalized spacial score (nSPS) is 34.7. The lowest BCUT2D eigenvalue weighted by Crippen LogP contribution is -2.75. The molecule has 1 aliphatic carbocycles. The predicted molar refractivity (Wildman–Crippen MR) is 201 cm³/mol. The minimum atomic E-state index is -1.55. The number of aliphatic carboxylic acids is 2. The van der Waals surface area contributed by atoms with E-state index in [9.17, 15) is 39.0 Å². The highest BCUT2D eigenvalue weighted by Crippen LogP contribution is 2.70. The van der Waals surface area contributed by atoms with Crippen molar-refractivity contribution in [2.75, 3.05) is 14.1 Å². The first kappa shape index (κ1) is 41.3. The van der Waals surface area contributed by atoms with E-state index in [4.69, 9.17) is 18.9 Å². The van der Waals surface area contributed by atoms with Gasteiger partial charge in [-0.05, 0) is 61.1 Å². The van der Waals surface area contributed by atoms with Crippen molar-refractivity contribution in [1.29, 1.82) is 0 Å². The van der Waals surface area contributed by atoms with Crippen molar-refractivity contribution in [2.24, 2.45) is 22.7 Å². The summed E-state index contributed by atoms with van der Waals surface area (Å²) in [6.07, 6.45) is 6.12. The molecule has 58 heavy (non-hydrogen) atoms. The number of fused-ring (bicyclic) bond motifs is 4. The molecule has 312 valence electrons. The van der Waals surface area contributed by atoms with E-state index < -0.39 is 58.5 Å². The van der Waals surface area contributed by atoms with E-state index >= 15 is 0 Å². The molecule has 5 fully saturated rings. The van der Waals surface area contributed by atoms with E-state index in [1.54, 1.807) is 24.3 Å². The molecule has 0 amide bonds. The second-order valence-corrected chi connectivity index (χ2v) is 18.1. The fourth-order valence-corrected chi connectivity index (χ4v) is 12.5. The molecule has 2 aromatic rings. The van der Waals surface area contributed by atoms with Crippen molar-refractivity contribution in [3.8, 4) is 23.0 Å². The Kier molecular flexibility index (Phi) is 10.8. The van der Waals surface area contributed by atoms with Crippen LogP contribution in [0.2, 0.25) is 0 Å². The molecule has 4 unspecified atom stereocenters. The van der Waals surface area contributed by atoms with Gasteiger partial charge >= 0.3 is 23.9 Å². The quantitative estimate of drug-likeness (QED) is 0.174. The third kappa shape index (κ3) is 6.85. The van der Waals surface area contributed by atoms with Crippen molar-refractivity contribution in [3.05, 3.63) is 47.5 Å². The van der Waals surface area contributed by atoms with E-state index in [1.807, 2.05) is 12.1 Å². The molecule has 2 aromatic carbocycles. The highest BCUT2D eigenvalue weighted by atomic mass is 16.6. The number of quaternary nitrogens is 2. The molecule has 10 atom stereocenters. The number of ether oxygens (including phenoxy) is 4. The Hall–Kier alpha value is -4.82.